The van der Waals surface area contributed by atoms with Crippen molar-refractivity contribution in [2.45, 2.75) is 13.0 Å². The van der Waals surface area contributed by atoms with Gasteiger partial charge in [-0.1, -0.05) is 66.2 Å². The van der Waals surface area contributed by atoms with Crippen molar-refractivity contribution in [3.63, 3.8) is 0 Å². The molecule has 0 spiro atoms. The summed E-state index contributed by atoms with van der Waals surface area (Å²) in [7, 11) is 0. The molecule has 1 heterocycles. The molecule has 1 amide bonds. The first-order valence-corrected chi connectivity index (χ1v) is 9.49. The van der Waals surface area contributed by atoms with Gasteiger partial charge in [0.1, 0.15) is 0 Å². The Labute approximate surface area is 164 Å². The molecule has 0 saturated heterocycles. The van der Waals surface area contributed by atoms with Crippen molar-refractivity contribution in [1.82, 2.24) is 10.6 Å². The fraction of sp³-hybridized carbons (Fsp3) is 0.174. The fourth-order valence-corrected chi connectivity index (χ4v) is 3.78. The van der Waals surface area contributed by atoms with Crippen molar-refractivity contribution < 1.29 is 4.79 Å². The van der Waals surface area contributed by atoms with Gasteiger partial charge >= 0.3 is 0 Å². The van der Waals surface area contributed by atoms with E-state index in [4.69, 9.17) is 11.6 Å². The third kappa shape index (κ3) is 3.61. The van der Waals surface area contributed by atoms with E-state index in [0.29, 0.717) is 10.6 Å². The van der Waals surface area contributed by atoms with Crippen LogP contribution in [-0.4, -0.2) is 19.0 Å². The molecule has 0 fully saturated rings. The highest BCUT2D eigenvalue weighted by Gasteiger charge is 2.17. The van der Waals surface area contributed by atoms with Crippen molar-refractivity contribution in [2.24, 2.45) is 0 Å². The Balaban J connectivity index is 1.61. The minimum atomic E-state index is -0.158. The van der Waals surface area contributed by atoms with Crippen LogP contribution in [0.4, 0.5) is 0 Å². The van der Waals surface area contributed by atoms with Crippen LogP contribution in [0.25, 0.3) is 16.3 Å². The molecule has 1 aliphatic heterocycles. The van der Waals surface area contributed by atoms with E-state index in [2.05, 4.69) is 41.0 Å². The van der Waals surface area contributed by atoms with E-state index < -0.39 is 0 Å². The highest BCUT2D eigenvalue weighted by atomic mass is 35.5. The zero-order chi connectivity index (χ0) is 18.8. The van der Waals surface area contributed by atoms with E-state index in [1.165, 1.54) is 5.57 Å². The summed E-state index contributed by atoms with van der Waals surface area (Å²) in [6, 6.07) is 19.9. The van der Waals surface area contributed by atoms with Gasteiger partial charge in [-0.3, -0.25) is 4.79 Å². The Bertz CT molecular complexity index is 1040. The molecule has 27 heavy (non-hydrogen) atoms. The zero-order valence-corrected chi connectivity index (χ0v) is 15.9. The van der Waals surface area contributed by atoms with E-state index >= 15 is 0 Å². The molecule has 2 N–H and O–H groups in total. The Hall–Kier alpha value is -2.62. The molecule has 0 aliphatic carbocycles. The van der Waals surface area contributed by atoms with E-state index in [1.54, 1.807) is 6.07 Å². The number of carbonyl (C=O) groups excluding carboxylic acids is 1. The molecule has 3 aromatic rings. The van der Waals surface area contributed by atoms with Crippen molar-refractivity contribution in [1.29, 1.82) is 0 Å². The van der Waals surface area contributed by atoms with Gasteiger partial charge in [-0.15, -0.1) is 0 Å². The number of hydrogen-bond donors (Lipinski definition) is 2. The maximum atomic E-state index is 12.9. The molecule has 136 valence electrons. The minimum absolute atomic E-state index is 0.129. The van der Waals surface area contributed by atoms with Crippen LogP contribution in [0.1, 0.15) is 34.5 Å². The normalized spacial score (nSPS) is 14.8. The Kier molecular flexibility index (Phi) is 4.97. The topological polar surface area (TPSA) is 41.1 Å². The molecule has 1 unspecified atom stereocenters. The zero-order valence-electron chi connectivity index (χ0n) is 15.1. The number of hydrogen-bond acceptors (Lipinski definition) is 2. The second-order valence-corrected chi connectivity index (χ2v) is 7.23. The van der Waals surface area contributed by atoms with Crippen LogP contribution >= 0.6 is 11.6 Å². The highest BCUT2D eigenvalue weighted by Crippen LogP contribution is 2.26. The van der Waals surface area contributed by atoms with Crippen molar-refractivity contribution in [2.75, 3.05) is 13.1 Å². The van der Waals surface area contributed by atoms with E-state index in [0.717, 1.165) is 35.0 Å². The lowest BCUT2D eigenvalue weighted by Gasteiger charge is -2.17. The third-order valence-electron chi connectivity index (χ3n) is 5.03. The highest BCUT2D eigenvalue weighted by molar-refractivity contribution is 6.34. The predicted molar refractivity (Wildman–Crippen MR) is 112 cm³/mol. The maximum Gasteiger partial charge on any atom is 0.253 e. The number of nitrogens with one attached hydrogen (secondary N) is 2. The van der Waals surface area contributed by atoms with Gasteiger partial charge in [0, 0.05) is 13.1 Å². The van der Waals surface area contributed by atoms with Gasteiger partial charge in [0.15, 0.2) is 0 Å². The first-order chi connectivity index (χ1) is 13.1. The third-order valence-corrected chi connectivity index (χ3v) is 5.36. The molecular formula is C23H21ClN2O. The standard InChI is InChI=1S/C23H21ClN2O/c1-15(19-8-4-6-16-5-2-3-7-20(16)19)26-23(27)21-13-17(9-10-22(21)24)18-11-12-25-14-18/h2-11,13,15,25H,12,14H2,1H3,(H,26,27). The van der Waals surface area contributed by atoms with Gasteiger partial charge in [-0.25, -0.2) is 0 Å². The summed E-state index contributed by atoms with van der Waals surface area (Å²) in [4.78, 5) is 12.9. The Morgan fingerprint density at radius 1 is 1.11 bits per heavy atom. The lowest BCUT2D eigenvalue weighted by atomic mass is 9.99. The largest absolute Gasteiger partial charge is 0.345 e. The maximum absolute atomic E-state index is 12.9. The van der Waals surface area contributed by atoms with Crippen LogP contribution in [0.15, 0.2) is 66.7 Å². The Morgan fingerprint density at radius 2 is 1.93 bits per heavy atom. The van der Waals surface area contributed by atoms with Gasteiger partial charge in [0.2, 0.25) is 0 Å². The minimum Gasteiger partial charge on any atom is -0.345 e. The summed E-state index contributed by atoms with van der Waals surface area (Å²) < 4.78 is 0. The fourth-order valence-electron chi connectivity index (χ4n) is 3.57. The van der Waals surface area contributed by atoms with Crippen molar-refractivity contribution >= 4 is 33.9 Å². The second kappa shape index (κ2) is 7.55. The van der Waals surface area contributed by atoms with Crippen LogP contribution in [-0.2, 0) is 0 Å². The molecule has 0 saturated carbocycles. The summed E-state index contributed by atoms with van der Waals surface area (Å²) >= 11 is 6.33. The monoisotopic (exact) mass is 376 g/mol. The lowest BCUT2D eigenvalue weighted by molar-refractivity contribution is 0.0940. The van der Waals surface area contributed by atoms with Crippen LogP contribution in [0, 0.1) is 0 Å². The average Bonchev–Trinajstić information content (AvgIpc) is 3.22. The summed E-state index contributed by atoms with van der Waals surface area (Å²) in [5, 5.41) is 9.16. The predicted octanol–water partition coefficient (Wildman–Crippen LogP) is 4.97. The smallest absolute Gasteiger partial charge is 0.253 e. The lowest BCUT2D eigenvalue weighted by Crippen LogP contribution is -2.27. The van der Waals surface area contributed by atoms with Crippen molar-refractivity contribution in [3.05, 3.63) is 88.5 Å². The first-order valence-electron chi connectivity index (χ1n) is 9.11. The SMILES string of the molecule is CC(NC(=O)c1cc(C2=CCNC2)ccc1Cl)c1cccc2ccccc12. The molecule has 4 rings (SSSR count). The van der Waals surface area contributed by atoms with Gasteiger partial charge in [0.25, 0.3) is 5.91 Å². The average molecular weight is 377 g/mol. The van der Waals surface area contributed by atoms with E-state index in [1.807, 2.05) is 37.3 Å². The number of rotatable bonds is 4. The summed E-state index contributed by atoms with van der Waals surface area (Å²) in [6.07, 6.45) is 2.14. The molecule has 0 aromatic heterocycles. The molecule has 1 atom stereocenters. The number of amides is 1. The molecule has 3 aromatic carbocycles. The van der Waals surface area contributed by atoms with Crippen molar-refractivity contribution in [3.8, 4) is 0 Å². The molecular weight excluding hydrogens is 356 g/mol. The summed E-state index contributed by atoms with van der Waals surface area (Å²) in [5.74, 6) is -0.158. The molecule has 0 radical (unpaired) electrons. The quantitative estimate of drug-likeness (QED) is 0.674. The van der Waals surface area contributed by atoms with Gasteiger partial charge < -0.3 is 10.6 Å². The number of halogens is 1. The van der Waals surface area contributed by atoms with E-state index in [9.17, 15) is 4.79 Å². The number of benzene rings is 3. The molecule has 1 aliphatic rings. The number of fused-ring (bicyclic) bond motifs is 1. The number of carbonyl (C=O) groups is 1. The van der Waals surface area contributed by atoms with Gasteiger partial charge in [0.05, 0.1) is 16.6 Å². The first kappa shape index (κ1) is 17.8. The Morgan fingerprint density at radius 3 is 2.74 bits per heavy atom. The van der Waals surface area contributed by atoms with Crippen LogP contribution < -0.4 is 10.6 Å². The summed E-state index contributed by atoms with van der Waals surface area (Å²) in [5.41, 5.74) is 3.83. The van der Waals surface area contributed by atoms with Crippen LogP contribution in [0.2, 0.25) is 5.02 Å². The van der Waals surface area contributed by atoms with Crippen LogP contribution in [0.3, 0.4) is 0 Å². The van der Waals surface area contributed by atoms with E-state index in [-0.39, 0.29) is 11.9 Å². The summed E-state index contributed by atoms with van der Waals surface area (Å²) in [6.45, 7) is 3.67. The van der Waals surface area contributed by atoms with Crippen LogP contribution in [0.5, 0.6) is 0 Å². The van der Waals surface area contributed by atoms with Gasteiger partial charge in [-0.2, -0.15) is 0 Å². The van der Waals surface area contributed by atoms with Gasteiger partial charge in [-0.05, 0) is 46.5 Å². The molecule has 0 bridgehead atoms. The molecule has 4 heteroatoms. The molecule has 3 nitrogen and oxygen atoms in total. The second-order valence-electron chi connectivity index (χ2n) is 6.82.